The number of amides is 1. The number of alkyl carbamates (subject to hydrolysis) is 1. The van der Waals surface area contributed by atoms with E-state index in [4.69, 9.17) is 9.47 Å². The first-order valence-electron chi connectivity index (χ1n) is 9.36. The monoisotopic (exact) mass is 386 g/mol. The number of ether oxygens (including phenoxy) is 2. The quantitative estimate of drug-likeness (QED) is 0.766. The molecule has 1 aliphatic rings. The summed E-state index contributed by atoms with van der Waals surface area (Å²) in [6.07, 6.45) is 2.87. The summed E-state index contributed by atoms with van der Waals surface area (Å²) in [7, 11) is 1.58. The molecule has 2 aromatic rings. The fraction of sp³-hybridized carbons (Fsp3) is 0.450. The summed E-state index contributed by atoms with van der Waals surface area (Å²) in [4.78, 5) is 30.7. The van der Waals surface area contributed by atoms with Crippen LogP contribution in [0.2, 0.25) is 0 Å². The van der Waals surface area contributed by atoms with Crippen LogP contribution in [0, 0.1) is 0 Å². The Bertz CT molecular complexity index is 916. The zero-order valence-electron chi connectivity index (χ0n) is 16.3. The summed E-state index contributed by atoms with van der Waals surface area (Å²) >= 11 is 0. The number of carbonyl (C=O) groups is 1. The largest absolute Gasteiger partial charge is 0.495 e. The van der Waals surface area contributed by atoms with Crippen molar-refractivity contribution in [3.8, 4) is 5.75 Å². The number of likely N-dealkylation sites (tertiary alicyclic amines) is 1. The van der Waals surface area contributed by atoms with Crippen molar-refractivity contribution in [3.63, 3.8) is 0 Å². The molecule has 0 bridgehead atoms. The van der Waals surface area contributed by atoms with Crippen LogP contribution in [0.4, 0.5) is 4.79 Å². The molecule has 0 spiro atoms. The van der Waals surface area contributed by atoms with E-state index >= 15 is 0 Å². The third kappa shape index (κ3) is 4.89. The second-order valence-corrected chi connectivity index (χ2v) is 6.95. The Morgan fingerprint density at radius 3 is 2.75 bits per heavy atom. The molecule has 0 atom stereocenters. The maximum atomic E-state index is 12.4. The minimum absolute atomic E-state index is 0.0540. The Kier molecular flexibility index (Phi) is 6.30. The zero-order valence-corrected chi connectivity index (χ0v) is 16.3. The van der Waals surface area contributed by atoms with Gasteiger partial charge in [0.25, 0.3) is 5.56 Å². The molecule has 3 rings (SSSR count). The lowest BCUT2D eigenvalue weighted by molar-refractivity contribution is 0.154. The third-order valence-corrected chi connectivity index (χ3v) is 4.86. The minimum atomic E-state index is -0.449. The van der Waals surface area contributed by atoms with Crippen molar-refractivity contribution >= 4 is 17.1 Å². The lowest BCUT2D eigenvalue weighted by Gasteiger charge is -2.32. The number of aromatic nitrogens is 2. The Hall–Kier alpha value is -2.87. The van der Waals surface area contributed by atoms with Crippen molar-refractivity contribution < 1.29 is 14.3 Å². The molecule has 150 valence electrons. The Balaban J connectivity index is 1.58. The van der Waals surface area contributed by atoms with Crippen molar-refractivity contribution in [2.75, 3.05) is 26.7 Å². The number of hydrogen-bond donors (Lipinski definition) is 1. The highest BCUT2D eigenvalue weighted by Crippen LogP contribution is 2.17. The van der Waals surface area contributed by atoms with E-state index in [-0.39, 0.29) is 11.6 Å². The summed E-state index contributed by atoms with van der Waals surface area (Å²) in [5.41, 5.74) is 1.48. The number of carbonyl (C=O) groups excluding carboxylic acids is 1. The van der Waals surface area contributed by atoms with Crippen LogP contribution in [0.15, 0.2) is 41.5 Å². The average molecular weight is 386 g/mol. The summed E-state index contributed by atoms with van der Waals surface area (Å²) in [6, 6.07) is 5.21. The number of rotatable bonds is 6. The van der Waals surface area contributed by atoms with Crippen LogP contribution in [-0.2, 0) is 11.3 Å². The van der Waals surface area contributed by atoms with E-state index in [0.29, 0.717) is 18.1 Å². The molecule has 1 fully saturated rings. The predicted octanol–water partition coefficient (Wildman–Crippen LogP) is 2.13. The van der Waals surface area contributed by atoms with Crippen molar-refractivity contribution in [2.24, 2.45) is 0 Å². The van der Waals surface area contributed by atoms with Gasteiger partial charge in [-0.2, -0.15) is 0 Å². The number of nitrogens with one attached hydrogen (secondary N) is 1. The molecular formula is C20H26N4O4. The van der Waals surface area contributed by atoms with Gasteiger partial charge in [0.05, 0.1) is 30.1 Å². The number of fused-ring (bicyclic) bond motifs is 1. The van der Waals surface area contributed by atoms with Gasteiger partial charge in [-0.15, -0.1) is 0 Å². The second kappa shape index (κ2) is 8.88. The van der Waals surface area contributed by atoms with Crippen LogP contribution in [-0.4, -0.2) is 53.3 Å². The van der Waals surface area contributed by atoms with Crippen LogP contribution >= 0.6 is 0 Å². The van der Waals surface area contributed by atoms with Gasteiger partial charge in [0, 0.05) is 44.4 Å². The van der Waals surface area contributed by atoms with Crippen LogP contribution in [0.1, 0.15) is 19.8 Å². The number of allylic oxidation sites excluding steroid dienone is 1. The maximum absolute atomic E-state index is 12.4. The first kappa shape index (κ1) is 19.9. The van der Waals surface area contributed by atoms with Gasteiger partial charge < -0.3 is 24.3 Å². The SMILES string of the molecule is C=C(C)OC(=O)NC1CCN(CCn2c(=O)ccc3ncc(OC)cc32)CC1. The summed E-state index contributed by atoms with van der Waals surface area (Å²) in [5, 5.41) is 2.86. The van der Waals surface area contributed by atoms with Crippen LogP contribution < -0.4 is 15.6 Å². The fourth-order valence-corrected chi connectivity index (χ4v) is 3.39. The van der Waals surface area contributed by atoms with Gasteiger partial charge in [0.2, 0.25) is 0 Å². The number of piperidine rings is 1. The first-order valence-corrected chi connectivity index (χ1v) is 9.36. The molecule has 8 heteroatoms. The Morgan fingerprint density at radius 1 is 1.32 bits per heavy atom. The smallest absolute Gasteiger partial charge is 0.412 e. The van der Waals surface area contributed by atoms with Gasteiger partial charge >= 0.3 is 6.09 Å². The molecule has 1 amide bonds. The molecule has 1 N–H and O–H groups in total. The molecule has 1 aliphatic heterocycles. The topological polar surface area (TPSA) is 85.7 Å². The van der Waals surface area contributed by atoms with Crippen LogP contribution in [0.5, 0.6) is 5.75 Å². The maximum Gasteiger partial charge on any atom is 0.412 e. The number of methoxy groups -OCH3 is 1. The van der Waals surface area contributed by atoms with E-state index < -0.39 is 6.09 Å². The molecule has 0 aromatic carbocycles. The highest BCUT2D eigenvalue weighted by molar-refractivity contribution is 5.75. The summed E-state index contributed by atoms with van der Waals surface area (Å²) in [5.74, 6) is 1.00. The van der Waals surface area contributed by atoms with E-state index in [1.165, 1.54) is 0 Å². The molecule has 0 radical (unpaired) electrons. The highest BCUT2D eigenvalue weighted by Gasteiger charge is 2.21. The molecule has 8 nitrogen and oxygen atoms in total. The Labute approximate surface area is 163 Å². The van der Waals surface area contributed by atoms with Crippen molar-refractivity contribution in [3.05, 3.63) is 47.1 Å². The molecule has 0 saturated carbocycles. The van der Waals surface area contributed by atoms with Crippen LogP contribution in [0.25, 0.3) is 11.0 Å². The first-order chi connectivity index (χ1) is 13.5. The third-order valence-electron chi connectivity index (χ3n) is 4.86. The Morgan fingerprint density at radius 2 is 2.07 bits per heavy atom. The molecular weight excluding hydrogens is 360 g/mol. The average Bonchev–Trinajstić information content (AvgIpc) is 2.67. The van der Waals surface area contributed by atoms with Gasteiger partial charge in [-0.05, 0) is 25.8 Å². The van der Waals surface area contributed by atoms with E-state index in [2.05, 4.69) is 21.8 Å². The summed E-state index contributed by atoms with van der Waals surface area (Å²) < 4.78 is 11.9. The lowest BCUT2D eigenvalue weighted by atomic mass is 10.1. The van der Waals surface area contributed by atoms with Crippen molar-refractivity contribution in [2.45, 2.75) is 32.4 Å². The normalized spacial score (nSPS) is 15.4. The highest BCUT2D eigenvalue weighted by atomic mass is 16.6. The van der Waals surface area contributed by atoms with Gasteiger partial charge in [-0.1, -0.05) is 6.58 Å². The minimum Gasteiger partial charge on any atom is -0.495 e. The van der Waals surface area contributed by atoms with Gasteiger partial charge in [0.1, 0.15) is 5.75 Å². The molecule has 28 heavy (non-hydrogen) atoms. The van der Waals surface area contributed by atoms with E-state index in [0.717, 1.165) is 43.5 Å². The standard InChI is InChI=1S/C20H26N4O4/c1-14(2)28-20(26)22-15-6-8-23(9-7-15)10-11-24-18-12-16(27-3)13-21-17(18)4-5-19(24)25/h4-5,12-13,15H,1,6-11H2,2-3H3,(H,22,26). The zero-order chi connectivity index (χ0) is 20.1. The fourth-order valence-electron chi connectivity index (χ4n) is 3.39. The lowest BCUT2D eigenvalue weighted by Crippen LogP contribution is -2.45. The van der Waals surface area contributed by atoms with E-state index in [9.17, 15) is 9.59 Å². The number of hydrogen-bond acceptors (Lipinski definition) is 6. The van der Waals surface area contributed by atoms with Gasteiger partial charge in [0.15, 0.2) is 0 Å². The molecule has 3 heterocycles. The molecule has 0 aliphatic carbocycles. The number of pyridine rings is 2. The molecule has 0 unspecified atom stereocenters. The molecule has 2 aromatic heterocycles. The predicted molar refractivity (Wildman–Crippen MR) is 106 cm³/mol. The van der Waals surface area contributed by atoms with Gasteiger partial charge in [-0.25, -0.2) is 4.79 Å². The van der Waals surface area contributed by atoms with Crippen molar-refractivity contribution in [1.29, 1.82) is 0 Å². The van der Waals surface area contributed by atoms with Gasteiger partial charge in [-0.3, -0.25) is 9.78 Å². The van der Waals surface area contributed by atoms with Crippen molar-refractivity contribution in [1.82, 2.24) is 19.8 Å². The van der Waals surface area contributed by atoms with E-state index in [1.807, 2.05) is 6.07 Å². The second-order valence-electron chi connectivity index (χ2n) is 6.95. The molecule has 1 saturated heterocycles. The van der Waals surface area contributed by atoms with E-state index in [1.54, 1.807) is 36.9 Å². The van der Waals surface area contributed by atoms with Crippen LogP contribution in [0.3, 0.4) is 0 Å². The summed E-state index contributed by atoms with van der Waals surface area (Å²) in [6.45, 7) is 8.21. The number of nitrogens with zero attached hydrogens (tertiary/aromatic N) is 3.